The van der Waals surface area contributed by atoms with Crippen LogP contribution < -0.4 is 0 Å². The maximum absolute atomic E-state index is 11.9. The van der Waals surface area contributed by atoms with Crippen LogP contribution >= 0.6 is 22.0 Å². The van der Waals surface area contributed by atoms with Gasteiger partial charge in [0.25, 0.3) is 9.05 Å². The number of thiophene rings is 1. The predicted molar refractivity (Wildman–Crippen MR) is 71.4 cm³/mol. The molecule has 0 amide bonds. The molecule has 1 atom stereocenters. The van der Waals surface area contributed by atoms with Crippen molar-refractivity contribution in [1.29, 1.82) is 0 Å². The van der Waals surface area contributed by atoms with Gasteiger partial charge in [-0.25, -0.2) is 13.2 Å². The standard InChI is InChI=1S/C11H13ClO5S2/c1-7-9(6-18-11(7)19(12,14)15)10(13)17-5-8-3-2-4-16-8/h6,8H,2-5H2,1H3. The van der Waals surface area contributed by atoms with Crippen molar-refractivity contribution < 1.29 is 22.7 Å². The molecule has 5 nitrogen and oxygen atoms in total. The first-order chi connectivity index (χ1) is 8.89. The maximum Gasteiger partial charge on any atom is 0.339 e. The molecule has 0 spiro atoms. The summed E-state index contributed by atoms with van der Waals surface area (Å²) < 4.78 is 33.0. The first-order valence-corrected chi connectivity index (χ1v) is 8.90. The summed E-state index contributed by atoms with van der Waals surface area (Å²) in [7, 11) is 1.45. The summed E-state index contributed by atoms with van der Waals surface area (Å²) in [5.74, 6) is -0.546. The zero-order chi connectivity index (χ0) is 14.0. The van der Waals surface area contributed by atoms with Crippen LogP contribution in [0.4, 0.5) is 0 Å². The lowest BCUT2D eigenvalue weighted by Crippen LogP contribution is -2.18. The van der Waals surface area contributed by atoms with Gasteiger partial charge in [-0.05, 0) is 25.3 Å². The quantitative estimate of drug-likeness (QED) is 0.628. The smallest absolute Gasteiger partial charge is 0.339 e. The highest BCUT2D eigenvalue weighted by molar-refractivity contribution is 8.15. The van der Waals surface area contributed by atoms with E-state index in [9.17, 15) is 13.2 Å². The molecule has 8 heteroatoms. The van der Waals surface area contributed by atoms with Gasteiger partial charge in [0.15, 0.2) is 0 Å². The van der Waals surface area contributed by atoms with Gasteiger partial charge in [0.2, 0.25) is 0 Å². The Balaban J connectivity index is 2.05. The molecule has 1 aliphatic heterocycles. The fourth-order valence-electron chi connectivity index (χ4n) is 1.86. The second kappa shape index (κ2) is 5.78. The molecule has 1 aliphatic rings. The summed E-state index contributed by atoms with van der Waals surface area (Å²) in [4.78, 5) is 11.9. The van der Waals surface area contributed by atoms with Crippen LogP contribution in [-0.4, -0.2) is 33.7 Å². The number of esters is 1. The van der Waals surface area contributed by atoms with Gasteiger partial charge in [0.1, 0.15) is 10.8 Å². The summed E-state index contributed by atoms with van der Waals surface area (Å²) >= 11 is 0.918. The van der Waals surface area contributed by atoms with Crippen LogP contribution in [0, 0.1) is 6.92 Å². The van der Waals surface area contributed by atoms with Gasteiger partial charge in [-0.2, -0.15) is 0 Å². The van der Waals surface area contributed by atoms with Crippen LogP contribution in [0.1, 0.15) is 28.8 Å². The lowest BCUT2D eigenvalue weighted by Gasteiger charge is -2.09. The monoisotopic (exact) mass is 324 g/mol. The average molecular weight is 325 g/mol. The van der Waals surface area contributed by atoms with Crippen molar-refractivity contribution in [2.75, 3.05) is 13.2 Å². The number of hydrogen-bond donors (Lipinski definition) is 0. The second-order valence-corrected chi connectivity index (χ2v) is 7.87. The zero-order valence-electron chi connectivity index (χ0n) is 10.2. The fourth-order valence-corrected chi connectivity index (χ4v) is 4.40. The Morgan fingerprint density at radius 1 is 1.63 bits per heavy atom. The molecule has 0 aromatic carbocycles. The van der Waals surface area contributed by atoms with Crippen molar-refractivity contribution in [2.45, 2.75) is 30.1 Å². The summed E-state index contributed by atoms with van der Waals surface area (Å²) in [5.41, 5.74) is 0.569. The van der Waals surface area contributed by atoms with E-state index < -0.39 is 15.0 Å². The Bertz CT molecular complexity index is 572. The molecular weight excluding hydrogens is 312 g/mol. The van der Waals surface area contributed by atoms with E-state index in [2.05, 4.69) is 0 Å². The molecule has 1 unspecified atom stereocenters. The Morgan fingerprint density at radius 3 is 2.89 bits per heavy atom. The number of halogens is 1. The summed E-state index contributed by atoms with van der Waals surface area (Å²) in [6, 6.07) is 0. The van der Waals surface area contributed by atoms with E-state index in [4.69, 9.17) is 20.2 Å². The Kier molecular flexibility index (Phi) is 4.50. The number of hydrogen-bond acceptors (Lipinski definition) is 6. The van der Waals surface area contributed by atoms with E-state index in [1.165, 1.54) is 12.3 Å². The molecule has 0 aliphatic carbocycles. The van der Waals surface area contributed by atoms with Crippen LogP contribution in [0.15, 0.2) is 9.59 Å². The van der Waals surface area contributed by atoms with Crippen molar-refractivity contribution in [2.24, 2.45) is 0 Å². The van der Waals surface area contributed by atoms with Crippen molar-refractivity contribution in [3.63, 3.8) is 0 Å². The van der Waals surface area contributed by atoms with Crippen LogP contribution in [0.3, 0.4) is 0 Å². The number of carbonyl (C=O) groups excluding carboxylic acids is 1. The lowest BCUT2D eigenvalue weighted by molar-refractivity contribution is 0.0161. The van der Waals surface area contributed by atoms with E-state index in [1.54, 1.807) is 0 Å². The van der Waals surface area contributed by atoms with E-state index in [1.807, 2.05) is 0 Å². The topological polar surface area (TPSA) is 69.7 Å². The molecule has 0 N–H and O–H groups in total. The summed E-state index contributed by atoms with van der Waals surface area (Å²) in [6.45, 7) is 2.42. The first kappa shape index (κ1) is 14.8. The van der Waals surface area contributed by atoms with Gasteiger partial charge in [-0.1, -0.05) is 0 Å². The van der Waals surface area contributed by atoms with Crippen molar-refractivity contribution in [3.8, 4) is 0 Å². The maximum atomic E-state index is 11.9. The third-order valence-electron chi connectivity index (χ3n) is 2.86. The number of ether oxygens (including phenoxy) is 2. The molecule has 0 radical (unpaired) electrons. The van der Waals surface area contributed by atoms with Gasteiger partial charge in [0, 0.05) is 22.7 Å². The van der Waals surface area contributed by atoms with Gasteiger partial charge in [-0.3, -0.25) is 0 Å². The highest BCUT2D eigenvalue weighted by Gasteiger charge is 2.24. The molecule has 19 heavy (non-hydrogen) atoms. The molecule has 1 aromatic heterocycles. The largest absolute Gasteiger partial charge is 0.459 e. The van der Waals surface area contributed by atoms with Crippen molar-refractivity contribution in [3.05, 3.63) is 16.5 Å². The van der Waals surface area contributed by atoms with E-state index in [0.29, 0.717) is 12.2 Å². The zero-order valence-corrected chi connectivity index (χ0v) is 12.6. The van der Waals surface area contributed by atoms with E-state index in [-0.39, 0.29) is 22.5 Å². The van der Waals surface area contributed by atoms with Gasteiger partial charge in [-0.15, -0.1) is 11.3 Å². The summed E-state index contributed by atoms with van der Waals surface area (Å²) in [5, 5.41) is 1.45. The first-order valence-electron chi connectivity index (χ1n) is 5.71. The Morgan fingerprint density at radius 2 is 2.37 bits per heavy atom. The Labute approximate surface area is 119 Å². The highest BCUT2D eigenvalue weighted by Crippen LogP contribution is 2.29. The minimum Gasteiger partial charge on any atom is -0.459 e. The van der Waals surface area contributed by atoms with E-state index >= 15 is 0 Å². The number of carbonyl (C=O) groups is 1. The molecule has 1 aromatic rings. The molecule has 106 valence electrons. The third kappa shape index (κ3) is 3.47. The van der Waals surface area contributed by atoms with Crippen LogP contribution in [0.5, 0.6) is 0 Å². The van der Waals surface area contributed by atoms with Gasteiger partial charge in [0.05, 0.1) is 11.7 Å². The second-order valence-electron chi connectivity index (χ2n) is 4.23. The highest BCUT2D eigenvalue weighted by atomic mass is 35.7. The molecule has 2 rings (SSSR count). The van der Waals surface area contributed by atoms with Crippen LogP contribution in [-0.2, 0) is 18.5 Å². The SMILES string of the molecule is Cc1c(C(=O)OCC2CCCO2)csc1S(=O)(=O)Cl. The molecule has 1 fully saturated rings. The normalized spacial score (nSPS) is 19.6. The third-order valence-corrected chi connectivity index (χ3v) is 6.17. The average Bonchev–Trinajstić information content (AvgIpc) is 2.93. The van der Waals surface area contributed by atoms with Gasteiger partial charge >= 0.3 is 5.97 Å². The van der Waals surface area contributed by atoms with Crippen LogP contribution in [0.25, 0.3) is 0 Å². The minimum absolute atomic E-state index is 0.0155. The molecular formula is C11H13ClO5S2. The fraction of sp³-hybridized carbons (Fsp3) is 0.545. The van der Waals surface area contributed by atoms with Gasteiger partial charge < -0.3 is 9.47 Å². The minimum atomic E-state index is -3.82. The Hall–Kier alpha value is -0.630. The lowest BCUT2D eigenvalue weighted by atomic mass is 10.2. The molecule has 1 saturated heterocycles. The van der Waals surface area contributed by atoms with Crippen LogP contribution in [0.2, 0.25) is 0 Å². The van der Waals surface area contributed by atoms with Crippen molar-refractivity contribution in [1.82, 2.24) is 0 Å². The number of rotatable bonds is 4. The molecule has 0 bridgehead atoms. The predicted octanol–water partition coefficient (Wildman–Crippen LogP) is 2.32. The molecule has 2 heterocycles. The van der Waals surface area contributed by atoms with Crippen molar-refractivity contribution >= 4 is 37.0 Å². The summed E-state index contributed by atoms with van der Waals surface area (Å²) in [6.07, 6.45) is 1.78. The van der Waals surface area contributed by atoms with E-state index in [0.717, 1.165) is 24.2 Å². The molecule has 0 saturated carbocycles.